The van der Waals surface area contributed by atoms with Gasteiger partial charge in [0.15, 0.2) is 0 Å². The number of rotatable bonds is 3. The van der Waals surface area contributed by atoms with Gasteiger partial charge in [-0.3, -0.25) is 5.01 Å². The summed E-state index contributed by atoms with van der Waals surface area (Å²) in [4.78, 5) is 11.2. The molecule has 140 valence electrons. The topological polar surface area (TPSA) is 88.2 Å². The van der Waals surface area contributed by atoms with Gasteiger partial charge in [-0.05, 0) is 42.3 Å². The number of benzene rings is 2. The molecule has 2 atom stereocenters. The van der Waals surface area contributed by atoms with Gasteiger partial charge < -0.3 is 15.6 Å². The molecule has 2 aromatic rings. The van der Waals surface area contributed by atoms with Crippen molar-refractivity contribution in [2.45, 2.75) is 19.9 Å². The Labute approximate surface area is 162 Å². The number of nitrogens with zero attached hydrogens (tertiary/aromatic N) is 2. The van der Waals surface area contributed by atoms with Crippen LogP contribution >= 0.6 is 11.6 Å². The van der Waals surface area contributed by atoms with Gasteiger partial charge in [0, 0.05) is 5.56 Å². The Morgan fingerprint density at radius 2 is 2.11 bits per heavy atom. The summed E-state index contributed by atoms with van der Waals surface area (Å²) in [5.74, 6) is -0.0137. The summed E-state index contributed by atoms with van der Waals surface area (Å²) in [5, 5.41) is 16.6. The zero-order valence-electron chi connectivity index (χ0n) is 15.0. The summed E-state index contributed by atoms with van der Waals surface area (Å²) in [6, 6.07) is 10.5. The van der Waals surface area contributed by atoms with Gasteiger partial charge in [-0.1, -0.05) is 25.4 Å². The van der Waals surface area contributed by atoms with Crippen LogP contribution in [0.5, 0.6) is 5.75 Å². The normalized spacial score (nSPS) is 20.7. The second-order valence-corrected chi connectivity index (χ2v) is 7.61. The van der Waals surface area contributed by atoms with Crippen LogP contribution in [0.4, 0.5) is 11.4 Å². The highest BCUT2D eigenvalue weighted by molar-refractivity contribution is 6.33. The van der Waals surface area contributed by atoms with Crippen LogP contribution in [0.3, 0.4) is 0 Å². The van der Waals surface area contributed by atoms with E-state index in [4.69, 9.17) is 27.2 Å². The highest BCUT2D eigenvalue weighted by Crippen LogP contribution is 2.41. The monoisotopic (exact) mass is 385 g/mol. The molecule has 0 saturated carbocycles. The summed E-state index contributed by atoms with van der Waals surface area (Å²) in [6.45, 7) is 4.76. The molecule has 0 spiro atoms. The molecule has 2 aromatic carbocycles. The van der Waals surface area contributed by atoms with Gasteiger partial charge in [0.05, 0.1) is 46.2 Å². The van der Waals surface area contributed by atoms with Crippen LogP contribution in [0.25, 0.3) is 0 Å². The molecule has 4 rings (SSSR count). The molecule has 2 aliphatic heterocycles. The van der Waals surface area contributed by atoms with E-state index in [9.17, 15) is 9.90 Å². The average Bonchev–Trinajstić information content (AvgIpc) is 3.03. The maximum Gasteiger partial charge on any atom is 0.335 e. The molecule has 2 heterocycles. The minimum absolute atomic E-state index is 0.0875. The standard InChI is InChI=1S/C20H20ClN3O3/c1-10(2)19-14-9-27-17-7-11(20(25)26)3-5-13(17)18(14)23-24(19)12-4-6-16(22)15(21)8-12/h3-8,10,14,19H,9,22H2,1-2H3,(H,25,26). The molecule has 0 aromatic heterocycles. The van der Waals surface area contributed by atoms with Gasteiger partial charge >= 0.3 is 5.97 Å². The number of carboxylic acid groups (broad SMARTS) is 1. The lowest BCUT2D eigenvalue weighted by atomic mass is 9.84. The minimum Gasteiger partial charge on any atom is -0.492 e. The maximum atomic E-state index is 11.2. The number of nitrogens with two attached hydrogens (primary N) is 1. The molecule has 2 aliphatic rings. The zero-order valence-corrected chi connectivity index (χ0v) is 15.8. The van der Waals surface area contributed by atoms with Crippen molar-refractivity contribution >= 4 is 34.7 Å². The van der Waals surface area contributed by atoms with Crippen molar-refractivity contribution in [1.29, 1.82) is 0 Å². The maximum absolute atomic E-state index is 11.2. The second-order valence-electron chi connectivity index (χ2n) is 7.20. The van der Waals surface area contributed by atoms with E-state index in [1.807, 2.05) is 17.1 Å². The first-order valence-corrected chi connectivity index (χ1v) is 9.18. The van der Waals surface area contributed by atoms with Crippen LogP contribution in [-0.4, -0.2) is 29.4 Å². The summed E-state index contributed by atoms with van der Waals surface area (Å²) in [6.07, 6.45) is 0. The Hall–Kier alpha value is -2.73. The fraction of sp³-hybridized carbons (Fsp3) is 0.300. The number of aromatic carboxylic acids is 1. The van der Waals surface area contributed by atoms with Crippen LogP contribution < -0.4 is 15.5 Å². The Bertz CT molecular complexity index is 957. The number of halogens is 1. The number of anilines is 2. The first kappa shape index (κ1) is 17.7. The van der Waals surface area contributed by atoms with Crippen LogP contribution in [-0.2, 0) is 0 Å². The number of hydrogen-bond donors (Lipinski definition) is 2. The highest BCUT2D eigenvalue weighted by Gasteiger charge is 2.44. The molecule has 0 bridgehead atoms. The van der Waals surface area contributed by atoms with Gasteiger partial charge in [-0.2, -0.15) is 5.10 Å². The Morgan fingerprint density at radius 3 is 2.78 bits per heavy atom. The van der Waals surface area contributed by atoms with E-state index < -0.39 is 5.97 Å². The van der Waals surface area contributed by atoms with E-state index in [2.05, 4.69) is 13.8 Å². The molecule has 7 heteroatoms. The lowest BCUT2D eigenvalue weighted by molar-refractivity contribution is 0.0696. The predicted octanol–water partition coefficient (Wildman–Crippen LogP) is 3.88. The highest BCUT2D eigenvalue weighted by atomic mass is 35.5. The van der Waals surface area contributed by atoms with Gasteiger partial charge in [0.2, 0.25) is 0 Å². The van der Waals surface area contributed by atoms with Gasteiger partial charge in [-0.25, -0.2) is 4.79 Å². The second kappa shape index (κ2) is 6.46. The first-order chi connectivity index (χ1) is 12.9. The van der Waals surface area contributed by atoms with E-state index >= 15 is 0 Å². The smallest absolute Gasteiger partial charge is 0.335 e. The van der Waals surface area contributed by atoms with Crippen molar-refractivity contribution in [1.82, 2.24) is 0 Å². The quantitative estimate of drug-likeness (QED) is 0.783. The predicted molar refractivity (Wildman–Crippen MR) is 106 cm³/mol. The number of ether oxygens (including phenoxy) is 1. The molecule has 0 saturated heterocycles. The number of hydrazone groups is 1. The Balaban J connectivity index is 1.80. The summed E-state index contributed by atoms with van der Waals surface area (Å²) in [7, 11) is 0. The minimum atomic E-state index is -0.977. The van der Waals surface area contributed by atoms with Crippen LogP contribution in [0.1, 0.15) is 29.8 Å². The molecule has 27 heavy (non-hydrogen) atoms. The van der Waals surface area contributed by atoms with Crippen molar-refractivity contribution in [3.63, 3.8) is 0 Å². The van der Waals surface area contributed by atoms with E-state index in [1.165, 1.54) is 0 Å². The van der Waals surface area contributed by atoms with E-state index in [1.54, 1.807) is 24.3 Å². The number of carbonyl (C=O) groups is 1. The van der Waals surface area contributed by atoms with Crippen molar-refractivity contribution < 1.29 is 14.6 Å². The number of hydrogen-bond acceptors (Lipinski definition) is 5. The molecule has 6 nitrogen and oxygen atoms in total. The molecule has 0 amide bonds. The van der Waals surface area contributed by atoms with Crippen molar-refractivity contribution in [3.05, 3.63) is 52.5 Å². The third-order valence-corrected chi connectivity index (χ3v) is 5.44. The van der Waals surface area contributed by atoms with Gasteiger partial charge in [-0.15, -0.1) is 0 Å². The first-order valence-electron chi connectivity index (χ1n) is 8.80. The third kappa shape index (κ3) is 2.90. The van der Waals surface area contributed by atoms with E-state index in [-0.39, 0.29) is 17.5 Å². The number of nitrogen functional groups attached to an aromatic ring is 1. The fourth-order valence-corrected chi connectivity index (χ4v) is 4.00. The van der Waals surface area contributed by atoms with Crippen molar-refractivity contribution in [2.75, 3.05) is 17.3 Å². The van der Waals surface area contributed by atoms with Crippen molar-refractivity contribution in [2.24, 2.45) is 16.9 Å². The zero-order chi connectivity index (χ0) is 19.3. The molecule has 0 fully saturated rings. The van der Waals surface area contributed by atoms with Gasteiger partial charge in [0.25, 0.3) is 0 Å². The number of fused-ring (bicyclic) bond motifs is 3. The summed E-state index contributed by atoms with van der Waals surface area (Å²) < 4.78 is 5.92. The van der Waals surface area contributed by atoms with Crippen LogP contribution in [0.2, 0.25) is 5.02 Å². The Kier molecular flexibility index (Phi) is 4.23. The summed E-state index contributed by atoms with van der Waals surface area (Å²) in [5.41, 5.74) is 9.21. The molecule has 2 unspecified atom stereocenters. The molecule has 3 N–H and O–H groups in total. The average molecular weight is 386 g/mol. The largest absolute Gasteiger partial charge is 0.492 e. The lowest BCUT2D eigenvalue weighted by Gasteiger charge is -2.33. The van der Waals surface area contributed by atoms with Crippen molar-refractivity contribution in [3.8, 4) is 5.75 Å². The molecular weight excluding hydrogens is 366 g/mol. The molecule has 0 radical (unpaired) electrons. The summed E-state index contributed by atoms with van der Waals surface area (Å²) >= 11 is 6.22. The third-order valence-electron chi connectivity index (χ3n) is 5.12. The van der Waals surface area contributed by atoms with E-state index in [0.717, 1.165) is 17.0 Å². The Morgan fingerprint density at radius 1 is 1.33 bits per heavy atom. The molecule has 0 aliphatic carbocycles. The fourth-order valence-electron chi connectivity index (χ4n) is 3.82. The van der Waals surface area contributed by atoms with Gasteiger partial charge in [0.1, 0.15) is 5.75 Å². The van der Waals surface area contributed by atoms with Crippen LogP contribution in [0, 0.1) is 11.8 Å². The lowest BCUT2D eigenvalue weighted by Crippen LogP contribution is -2.42. The van der Waals surface area contributed by atoms with E-state index in [0.29, 0.717) is 29.0 Å². The SMILES string of the molecule is CC(C)C1C2COc3cc(C(=O)O)ccc3C2=NN1c1ccc(N)c(Cl)c1. The van der Waals surface area contributed by atoms with Crippen LogP contribution in [0.15, 0.2) is 41.5 Å². The molecular formula is C20H20ClN3O3. The number of carboxylic acids is 1.